The summed E-state index contributed by atoms with van der Waals surface area (Å²) in [5.41, 5.74) is 5.92. The van der Waals surface area contributed by atoms with E-state index in [0.29, 0.717) is 11.5 Å². The van der Waals surface area contributed by atoms with Crippen molar-refractivity contribution in [3.8, 4) is 11.5 Å². The number of phenolic OH excluding ortho intramolecular Hbond substituents is 2. The van der Waals surface area contributed by atoms with Crippen LogP contribution in [0.25, 0.3) is 0 Å². The van der Waals surface area contributed by atoms with Gasteiger partial charge in [-0.2, -0.15) is 0 Å². The van der Waals surface area contributed by atoms with Crippen LogP contribution in [-0.4, -0.2) is 10.2 Å². The Hall–Kier alpha value is -1.16. The number of benzene rings is 2. The van der Waals surface area contributed by atoms with Crippen LogP contribution < -0.4 is 0 Å². The van der Waals surface area contributed by atoms with E-state index in [4.69, 9.17) is 10.2 Å². The molecule has 0 aromatic heterocycles. The van der Waals surface area contributed by atoms with Crippen molar-refractivity contribution in [2.24, 2.45) is 0 Å². The molecule has 2 aliphatic carbocycles. The molecule has 4 rings (SSSR count). The number of allylic oxidation sites excluding steroid dienone is 8. The fraction of sp³-hybridized carbons (Fsp3) is 0.231. The monoisotopic (exact) mass is 622 g/mol. The van der Waals surface area contributed by atoms with E-state index in [-0.39, 0.29) is 26.2 Å². The first-order valence-electron chi connectivity index (χ1n) is 9.74. The van der Waals surface area contributed by atoms with Gasteiger partial charge in [0, 0.05) is 35.1 Å². The first kappa shape index (κ1) is 29.8. The molecule has 0 fully saturated rings. The average Bonchev–Trinajstić information content (AvgIpc) is 3.23. The van der Waals surface area contributed by atoms with Crippen molar-refractivity contribution in [1.29, 1.82) is 0 Å². The van der Waals surface area contributed by atoms with Crippen LogP contribution in [0.1, 0.15) is 40.5 Å². The van der Waals surface area contributed by atoms with Gasteiger partial charge in [0.25, 0.3) is 0 Å². The minimum atomic E-state index is 0. The van der Waals surface area contributed by atoms with Gasteiger partial charge < -0.3 is 10.2 Å². The molecule has 2 N–H and O–H groups in total. The summed E-state index contributed by atoms with van der Waals surface area (Å²) in [4.78, 5) is 0. The zero-order valence-corrected chi connectivity index (χ0v) is 24.1. The molecule has 31 heavy (non-hydrogen) atoms. The van der Waals surface area contributed by atoms with Gasteiger partial charge in [-0.25, -0.2) is 0 Å². The molecule has 2 nitrogen and oxygen atoms in total. The normalized spacial score (nSPS) is 13.4. The van der Waals surface area contributed by atoms with Gasteiger partial charge in [0.2, 0.25) is 0 Å². The van der Waals surface area contributed by atoms with E-state index >= 15 is 0 Å². The molecular weight excluding hydrogens is 595 g/mol. The first-order chi connectivity index (χ1) is 14.2. The predicted octanol–water partition coefficient (Wildman–Crippen LogP) is 8.87. The second-order valence-corrected chi connectivity index (χ2v) is 8.93. The van der Waals surface area contributed by atoms with Crippen LogP contribution in [0.5, 0.6) is 11.5 Å². The molecule has 0 unspecified atom stereocenters. The van der Waals surface area contributed by atoms with Gasteiger partial charge in [-0.3, -0.25) is 0 Å². The van der Waals surface area contributed by atoms with Crippen molar-refractivity contribution in [2.45, 2.75) is 40.5 Å². The molecule has 2 aromatic carbocycles. The maximum absolute atomic E-state index is 8.78. The minimum absolute atomic E-state index is 0. The van der Waals surface area contributed by atoms with Crippen molar-refractivity contribution in [2.75, 3.05) is 0 Å². The van der Waals surface area contributed by atoms with E-state index in [1.807, 2.05) is 12.1 Å². The van der Waals surface area contributed by atoms with Gasteiger partial charge in [-0.15, -0.1) is 0 Å². The number of rotatable bonds is 0. The maximum Gasteiger partial charge on any atom is 0.116 e. The molecule has 0 amide bonds. The standard InChI is InChI=1S/2C7H10.2C6H5BrO.Zr/c2*1-6-4-3-5-7(6)2;2*7-5-2-1-3-6(8)4-5;/h2*3-4H,5H2,1-2H3;2*1-4,8H;. The van der Waals surface area contributed by atoms with E-state index in [9.17, 15) is 0 Å². The number of halogens is 2. The molecule has 0 heterocycles. The van der Waals surface area contributed by atoms with Gasteiger partial charge in [-0.1, -0.05) is 90.6 Å². The topological polar surface area (TPSA) is 40.5 Å². The van der Waals surface area contributed by atoms with E-state index in [2.05, 4.69) is 83.9 Å². The van der Waals surface area contributed by atoms with E-state index in [0.717, 1.165) is 8.95 Å². The van der Waals surface area contributed by atoms with Crippen molar-refractivity contribution in [3.05, 3.63) is 104 Å². The van der Waals surface area contributed by atoms with Crippen LogP contribution in [0.15, 0.2) is 104 Å². The number of aromatic hydroxyl groups is 2. The molecule has 0 bridgehead atoms. The van der Waals surface area contributed by atoms with Crippen molar-refractivity contribution in [3.63, 3.8) is 0 Å². The average molecular weight is 626 g/mol. The summed E-state index contributed by atoms with van der Waals surface area (Å²) in [7, 11) is 0. The first-order valence-corrected chi connectivity index (χ1v) is 11.3. The fourth-order valence-electron chi connectivity index (χ4n) is 2.38. The Morgan fingerprint density at radius 1 is 0.645 bits per heavy atom. The Bertz CT molecular complexity index is 832. The van der Waals surface area contributed by atoms with Crippen LogP contribution in [-0.2, 0) is 26.2 Å². The van der Waals surface area contributed by atoms with Gasteiger partial charge in [0.15, 0.2) is 0 Å². The Morgan fingerprint density at radius 3 is 1.13 bits per heavy atom. The van der Waals surface area contributed by atoms with E-state index in [1.54, 1.807) is 36.4 Å². The summed E-state index contributed by atoms with van der Waals surface area (Å²) >= 11 is 6.40. The SMILES string of the molecule is CC1=C(C)CC=C1.CC1=C(C)CC=C1.Oc1cccc(Br)c1.Oc1cccc(Br)c1.[Zr]. The van der Waals surface area contributed by atoms with Crippen LogP contribution >= 0.6 is 31.9 Å². The quantitative estimate of drug-likeness (QED) is 0.307. The zero-order valence-electron chi connectivity index (χ0n) is 18.5. The molecular formula is C26H30Br2O2Zr. The fourth-order valence-corrected chi connectivity index (χ4v) is 3.16. The molecule has 0 saturated carbocycles. The molecule has 5 heteroatoms. The predicted molar refractivity (Wildman–Crippen MR) is 136 cm³/mol. The Balaban J connectivity index is 0.000000384. The van der Waals surface area contributed by atoms with Crippen LogP contribution in [0.4, 0.5) is 0 Å². The molecule has 0 atom stereocenters. The van der Waals surface area contributed by atoms with E-state index in [1.165, 1.54) is 35.1 Å². The number of hydrogen-bond donors (Lipinski definition) is 2. The molecule has 0 spiro atoms. The van der Waals surface area contributed by atoms with Crippen molar-refractivity contribution >= 4 is 31.9 Å². The molecule has 0 saturated heterocycles. The largest absolute Gasteiger partial charge is 0.508 e. The van der Waals surface area contributed by atoms with Gasteiger partial charge in [0.05, 0.1) is 0 Å². The summed E-state index contributed by atoms with van der Waals surface area (Å²) in [5.74, 6) is 0.582. The second kappa shape index (κ2) is 16.5. The second-order valence-electron chi connectivity index (χ2n) is 7.10. The summed E-state index contributed by atoms with van der Waals surface area (Å²) < 4.78 is 1.80. The van der Waals surface area contributed by atoms with Gasteiger partial charge in [0.1, 0.15) is 11.5 Å². The smallest absolute Gasteiger partial charge is 0.116 e. The summed E-state index contributed by atoms with van der Waals surface area (Å²) in [6.07, 6.45) is 11.1. The van der Waals surface area contributed by atoms with Crippen LogP contribution in [0.2, 0.25) is 0 Å². The molecule has 0 aliphatic heterocycles. The Kier molecular flexibility index (Phi) is 15.9. The Labute approximate surface area is 222 Å². The third kappa shape index (κ3) is 13.8. The summed E-state index contributed by atoms with van der Waals surface area (Å²) in [6.45, 7) is 8.66. The number of phenols is 2. The summed E-state index contributed by atoms with van der Waals surface area (Å²) in [5, 5.41) is 17.6. The van der Waals surface area contributed by atoms with Crippen LogP contribution in [0, 0.1) is 0 Å². The van der Waals surface area contributed by atoms with Gasteiger partial charge >= 0.3 is 0 Å². The minimum Gasteiger partial charge on any atom is -0.508 e. The van der Waals surface area contributed by atoms with Crippen LogP contribution in [0.3, 0.4) is 0 Å². The third-order valence-corrected chi connectivity index (χ3v) is 5.53. The number of hydrogen-bond acceptors (Lipinski definition) is 2. The van der Waals surface area contributed by atoms with Crippen molar-refractivity contribution in [1.82, 2.24) is 0 Å². The van der Waals surface area contributed by atoms with Gasteiger partial charge in [-0.05, 0) is 76.9 Å². The molecule has 2 aromatic rings. The van der Waals surface area contributed by atoms with Crippen molar-refractivity contribution < 1.29 is 36.4 Å². The third-order valence-electron chi connectivity index (χ3n) is 4.55. The molecule has 0 radical (unpaired) electrons. The molecule has 164 valence electrons. The summed E-state index contributed by atoms with van der Waals surface area (Å²) in [6, 6.07) is 13.8. The van der Waals surface area contributed by atoms with E-state index < -0.39 is 0 Å². The zero-order chi connectivity index (χ0) is 22.5. The molecule has 2 aliphatic rings. The Morgan fingerprint density at radius 2 is 1.00 bits per heavy atom. The maximum atomic E-state index is 8.78.